The highest BCUT2D eigenvalue weighted by Crippen LogP contribution is 2.35. The molecule has 4 amide bonds. The number of rotatable bonds is 9. The predicted molar refractivity (Wildman–Crippen MR) is 122 cm³/mol. The fourth-order valence-electron chi connectivity index (χ4n) is 3.40. The Balaban J connectivity index is 1.62. The van der Waals surface area contributed by atoms with Crippen LogP contribution in [0.5, 0.6) is 17.2 Å². The topological polar surface area (TPSA) is 97.4 Å². The van der Waals surface area contributed by atoms with Crippen LogP contribution in [0.2, 0.25) is 5.02 Å². The van der Waals surface area contributed by atoms with E-state index < -0.39 is 23.4 Å². The number of methoxy groups -OCH3 is 2. The van der Waals surface area contributed by atoms with Crippen molar-refractivity contribution in [3.8, 4) is 17.2 Å². The Morgan fingerprint density at radius 1 is 1.09 bits per heavy atom. The number of benzene rings is 2. The third kappa shape index (κ3) is 5.14. The highest BCUT2D eigenvalue weighted by Gasteiger charge is 2.50. The third-order valence-corrected chi connectivity index (χ3v) is 5.72. The number of ether oxygens (including phenoxy) is 3. The zero-order valence-electron chi connectivity index (χ0n) is 18.9. The van der Waals surface area contributed by atoms with Crippen molar-refractivity contribution in [2.75, 3.05) is 41.0 Å². The molecule has 0 radical (unpaired) electrons. The summed E-state index contributed by atoms with van der Waals surface area (Å²) in [7, 11) is 4.57. The van der Waals surface area contributed by atoms with E-state index in [1.165, 1.54) is 19.1 Å². The molecule has 1 unspecified atom stereocenters. The number of hydrogen-bond donors (Lipinski definition) is 1. The number of nitrogens with one attached hydrogen (secondary N) is 1. The maximum absolute atomic E-state index is 13.1. The van der Waals surface area contributed by atoms with Crippen molar-refractivity contribution >= 4 is 29.4 Å². The molecule has 3 rings (SSSR count). The molecule has 0 saturated carbocycles. The van der Waals surface area contributed by atoms with Crippen molar-refractivity contribution in [1.29, 1.82) is 0 Å². The van der Waals surface area contributed by atoms with E-state index in [9.17, 15) is 14.4 Å². The second-order valence-electron chi connectivity index (χ2n) is 7.63. The maximum Gasteiger partial charge on any atom is 0.325 e. The van der Waals surface area contributed by atoms with Crippen LogP contribution in [0.1, 0.15) is 12.5 Å². The number of urea groups is 1. The highest BCUT2D eigenvalue weighted by atomic mass is 35.5. The molecule has 1 saturated heterocycles. The monoisotopic (exact) mass is 475 g/mol. The van der Waals surface area contributed by atoms with Crippen molar-refractivity contribution in [3.05, 3.63) is 53.1 Å². The summed E-state index contributed by atoms with van der Waals surface area (Å²) < 4.78 is 16.1. The molecule has 0 bridgehead atoms. The van der Waals surface area contributed by atoms with E-state index in [1.807, 2.05) is 0 Å². The summed E-state index contributed by atoms with van der Waals surface area (Å²) in [6, 6.07) is 11.2. The molecule has 1 atom stereocenters. The summed E-state index contributed by atoms with van der Waals surface area (Å²) in [5.41, 5.74) is -0.828. The van der Waals surface area contributed by atoms with Crippen LogP contribution < -0.4 is 19.5 Å². The molecule has 33 heavy (non-hydrogen) atoms. The number of amides is 4. The minimum absolute atomic E-state index is 0.243. The molecule has 1 heterocycles. The van der Waals surface area contributed by atoms with Crippen LogP contribution in [-0.2, 0) is 15.1 Å². The smallest absolute Gasteiger partial charge is 0.325 e. The molecule has 2 aromatic carbocycles. The first-order chi connectivity index (χ1) is 15.7. The van der Waals surface area contributed by atoms with Gasteiger partial charge in [0.25, 0.3) is 5.91 Å². The Kier molecular flexibility index (Phi) is 7.33. The van der Waals surface area contributed by atoms with Gasteiger partial charge in [0, 0.05) is 12.1 Å². The average molecular weight is 476 g/mol. The number of likely N-dealkylation sites (N-methyl/N-ethyl adjacent to an activating group) is 1. The molecule has 1 N–H and O–H groups in total. The van der Waals surface area contributed by atoms with E-state index in [4.69, 9.17) is 25.8 Å². The Morgan fingerprint density at radius 2 is 1.76 bits per heavy atom. The van der Waals surface area contributed by atoms with E-state index in [1.54, 1.807) is 56.4 Å². The van der Waals surface area contributed by atoms with Crippen LogP contribution in [-0.4, -0.2) is 68.6 Å². The zero-order chi connectivity index (χ0) is 24.2. The van der Waals surface area contributed by atoms with Crippen LogP contribution in [0.4, 0.5) is 4.79 Å². The van der Waals surface area contributed by atoms with Gasteiger partial charge in [-0.15, -0.1) is 0 Å². The fraction of sp³-hybridized carbons (Fsp3) is 0.348. The number of carbonyl (C=O) groups is 3. The third-order valence-electron chi connectivity index (χ3n) is 5.46. The van der Waals surface area contributed by atoms with E-state index in [0.29, 0.717) is 27.8 Å². The molecule has 10 heteroatoms. The molecule has 0 aliphatic carbocycles. The minimum atomic E-state index is -1.34. The van der Waals surface area contributed by atoms with E-state index in [-0.39, 0.29) is 19.7 Å². The van der Waals surface area contributed by atoms with Gasteiger partial charge in [-0.2, -0.15) is 0 Å². The summed E-state index contributed by atoms with van der Waals surface area (Å²) in [5, 5.41) is 3.28. The number of halogens is 1. The first-order valence-corrected chi connectivity index (χ1v) is 10.6. The van der Waals surface area contributed by atoms with Gasteiger partial charge in [0.15, 0.2) is 11.5 Å². The van der Waals surface area contributed by atoms with Crippen molar-refractivity contribution in [2.45, 2.75) is 12.5 Å². The second-order valence-corrected chi connectivity index (χ2v) is 8.07. The van der Waals surface area contributed by atoms with Gasteiger partial charge in [-0.1, -0.05) is 17.7 Å². The second kappa shape index (κ2) is 9.99. The molecular weight excluding hydrogens is 450 g/mol. The summed E-state index contributed by atoms with van der Waals surface area (Å²) in [4.78, 5) is 40.7. The van der Waals surface area contributed by atoms with Gasteiger partial charge in [0.05, 0.1) is 20.8 Å². The Labute approximate surface area is 197 Å². The van der Waals surface area contributed by atoms with Crippen LogP contribution in [0.15, 0.2) is 42.5 Å². The minimum Gasteiger partial charge on any atom is -0.493 e. The molecule has 176 valence electrons. The van der Waals surface area contributed by atoms with E-state index in [2.05, 4.69) is 5.32 Å². The number of hydrogen-bond acceptors (Lipinski definition) is 6. The van der Waals surface area contributed by atoms with Gasteiger partial charge in [0.2, 0.25) is 5.91 Å². The molecule has 9 nitrogen and oxygen atoms in total. The largest absolute Gasteiger partial charge is 0.493 e. The van der Waals surface area contributed by atoms with Gasteiger partial charge < -0.3 is 24.4 Å². The molecule has 0 aromatic heterocycles. The summed E-state index contributed by atoms with van der Waals surface area (Å²) >= 11 is 5.85. The lowest BCUT2D eigenvalue weighted by molar-refractivity contribution is -0.138. The first kappa shape index (κ1) is 24.2. The molecular formula is C23H26ClN3O6. The Morgan fingerprint density at radius 3 is 2.39 bits per heavy atom. The SMILES string of the molecule is COc1ccc(C2(C)NC(=O)N(CC(=O)N(C)CCOc3ccc(Cl)cc3)C2=O)cc1OC. The van der Waals surface area contributed by atoms with Gasteiger partial charge in [-0.25, -0.2) is 4.79 Å². The Hall–Kier alpha value is -3.46. The summed E-state index contributed by atoms with van der Waals surface area (Å²) in [6.45, 7) is 1.72. The first-order valence-electron chi connectivity index (χ1n) is 10.2. The lowest BCUT2D eigenvalue weighted by Crippen LogP contribution is -2.44. The molecule has 2 aromatic rings. The molecule has 1 aliphatic rings. The Bertz CT molecular complexity index is 1040. The number of imide groups is 1. The normalized spacial score (nSPS) is 17.5. The van der Waals surface area contributed by atoms with Gasteiger partial charge in [-0.3, -0.25) is 14.5 Å². The van der Waals surface area contributed by atoms with Crippen LogP contribution in [0, 0.1) is 0 Å². The van der Waals surface area contributed by atoms with E-state index >= 15 is 0 Å². The van der Waals surface area contributed by atoms with Crippen LogP contribution >= 0.6 is 11.6 Å². The van der Waals surface area contributed by atoms with Crippen LogP contribution in [0.25, 0.3) is 0 Å². The van der Waals surface area contributed by atoms with Gasteiger partial charge in [0.1, 0.15) is 24.4 Å². The van der Waals surface area contributed by atoms with Crippen molar-refractivity contribution in [1.82, 2.24) is 15.1 Å². The number of nitrogens with zero attached hydrogens (tertiary/aromatic N) is 2. The van der Waals surface area contributed by atoms with Gasteiger partial charge >= 0.3 is 6.03 Å². The highest BCUT2D eigenvalue weighted by molar-refractivity contribution is 6.30. The summed E-state index contributed by atoms with van der Waals surface area (Å²) in [5.74, 6) is 0.623. The van der Waals surface area contributed by atoms with E-state index in [0.717, 1.165) is 4.90 Å². The molecule has 0 spiro atoms. The fourth-order valence-corrected chi connectivity index (χ4v) is 3.52. The number of carbonyl (C=O) groups excluding carboxylic acids is 3. The maximum atomic E-state index is 13.1. The predicted octanol–water partition coefficient (Wildman–Crippen LogP) is 2.66. The standard InChI is InChI=1S/C23H26ClN3O6/c1-23(15-5-10-18(31-3)19(13-15)32-4)21(29)27(22(30)25-23)14-20(28)26(2)11-12-33-17-8-6-16(24)7-9-17/h5-10,13H,11-12,14H2,1-4H3,(H,25,30). The van der Waals surface area contributed by atoms with Crippen molar-refractivity contribution in [2.24, 2.45) is 0 Å². The molecule has 1 fully saturated rings. The van der Waals surface area contributed by atoms with Gasteiger partial charge in [-0.05, 0) is 48.9 Å². The average Bonchev–Trinajstić information content (AvgIpc) is 3.03. The summed E-state index contributed by atoms with van der Waals surface area (Å²) in [6.07, 6.45) is 0. The van der Waals surface area contributed by atoms with Crippen molar-refractivity contribution < 1.29 is 28.6 Å². The van der Waals surface area contributed by atoms with Crippen LogP contribution in [0.3, 0.4) is 0 Å². The molecule has 1 aliphatic heterocycles. The lowest BCUT2D eigenvalue weighted by Gasteiger charge is -2.24. The quantitative estimate of drug-likeness (QED) is 0.560. The lowest BCUT2D eigenvalue weighted by atomic mass is 9.91. The van der Waals surface area contributed by atoms with Crippen molar-refractivity contribution in [3.63, 3.8) is 0 Å². The zero-order valence-corrected chi connectivity index (χ0v) is 19.6.